The van der Waals surface area contributed by atoms with Gasteiger partial charge in [0.25, 0.3) is 17.7 Å². The third-order valence-corrected chi connectivity index (χ3v) is 5.85. The standard InChI is InChI=1S/C27H26Cl2N4O4/c1-17(2)25(32-26(35)19-10-13-22(28)23(29)14-19)27(36)33-30-15-18-8-11-21(12-9-18)37-16-24(34)31-20-6-4-3-5-7-20/h3-15,17,25H,16H2,1-2H3,(H,31,34)(H,32,35)(H,33,36). The number of rotatable bonds is 10. The van der Waals surface area contributed by atoms with Crippen molar-refractivity contribution >= 4 is 52.8 Å². The van der Waals surface area contributed by atoms with Gasteiger partial charge in [-0.1, -0.05) is 55.2 Å². The van der Waals surface area contributed by atoms with Gasteiger partial charge in [0, 0.05) is 11.3 Å². The van der Waals surface area contributed by atoms with Gasteiger partial charge in [-0.3, -0.25) is 14.4 Å². The highest BCUT2D eigenvalue weighted by Crippen LogP contribution is 2.22. The van der Waals surface area contributed by atoms with Crippen LogP contribution in [0.1, 0.15) is 29.8 Å². The average Bonchev–Trinajstić information content (AvgIpc) is 2.88. The first kappa shape index (κ1) is 27.7. The first-order valence-electron chi connectivity index (χ1n) is 11.4. The van der Waals surface area contributed by atoms with E-state index in [9.17, 15) is 14.4 Å². The number of para-hydroxylation sites is 1. The van der Waals surface area contributed by atoms with Crippen LogP contribution in [0.2, 0.25) is 10.0 Å². The Balaban J connectivity index is 1.49. The molecule has 0 bridgehead atoms. The molecule has 3 N–H and O–H groups in total. The van der Waals surface area contributed by atoms with Crippen LogP contribution in [0.3, 0.4) is 0 Å². The summed E-state index contributed by atoms with van der Waals surface area (Å²) in [5, 5.41) is 10.0. The maximum absolute atomic E-state index is 12.7. The maximum atomic E-state index is 12.7. The van der Waals surface area contributed by atoms with Crippen LogP contribution in [0.4, 0.5) is 5.69 Å². The van der Waals surface area contributed by atoms with Crippen LogP contribution in [0.25, 0.3) is 0 Å². The van der Waals surface area contributed by atoms with Gasteiger partial charge in [-0.05, 0) is 66.1 Å². The fourth-order valence-corrected chi connectivity index (χ4v) is 3.45. The lowest BCUT2D eigenvalue weighted by Crippen LogP contribution is -2.48. The lowest BCUT2D eigenvalue weighted by molar-refractivity contribution is -0.124. The van der Waals surface area contributed by atoms with Crippen molar-refractivity contribution in [2.45, 2.75) is 19.9 Å². The molecule has 0 aliphatic carbocycles. The van der Waals surface area contributed by atoms with Gasteiger partial charge in [-0.2, -0.15) is 5.10 Å². The Morgan fingerprint density at radius 3 is 2.30 bits per heavy atom. The molecule has 0 saturated carbocycles. The molecule has 10 heteroatoms. The van der Waals surface area contributed by atoms with Crippen molar-refractivity contribution in [1.29, 1.82) is 0 Å². The van der Waals surface area contributed by atoms with Crippen molar-refractivity contribution in [1.82, 2.24) is 10.7 Å². The number of hydrogen-bond acceptors (Lipinski definition) is 5. The molecule has 192 valence electrons. The number of carbonyl (C=O) groups is 3. The van der Waals surface area contributed by atoms with E-state index in [-0.39, 0.29) is 29.0 Å². The number of benzene rings is 3. The second kappa shape index (κ2) is 13.4. The molecule has 8 nitrogen and oxygen atoms in total. The number of amides is 3. The zero-order chi connectivity index (χ0) is 26.8. The maximum Gasteiger partial charge on any atom is 0.262 e. The lowest BCUT2D eigenvalue weighted by atomic mass is 10.0. The van der Waals surface area contributed by atoms with E-state index in [1.54, 1.807) is 36.4 Å². The van der Waals surface area contributed by atoms with E-state index in [1.165, 1.54) is 24.4 Å². The van der Waals surface area contributed by atoms with Crippen LogP contribution in [-0.2, 0) is 9.59 Å². The quantitative estimate of drug-likeness (QED) is 0.250. The van der Waals surface area contributed by atoms with Gasteiger partial charge < -0.3 is 15.4 Å². The Bertz CT molecular complexity index is 1270. The fraction of sp³-hybridized carbons (Fsp3) is 0.185. The van der Waals surface area contributed by atoms with Crippen LogP contribution in [0, 0.1) is 5.92 Å². The van der Waals surface area contributed by atoms with Gasteiger partial charge in [0.15, 0.2) is 6.61 Å². The van der Waals surface area contributed by atoms with E-state index in [1.807, 2.05) is 32.0 Å². The summed E-state index contributed by atoms with van der Waals surface area (Å²) in [6, 6.07) is 19.6. The number of nitrogens with zero attached hydrogens (tertiary/aromatic N) is 1. The van der Waals surface area contributed by atoms with Crippen molar-refractivity contribution in [2.24, 2.45) is 11.0 Å². The van der Waals surface area contributed by atoms with Crippen LogP contribution in [0.5, 0.6) is 5.75 Å². The molecule has 0 aliphatic rings. The number of anilines is 1. The summed E-state index contributed by atoms with van der Waals surface area (Å²) in [7, 11) is 0. The van der Waals surface area contributed by atoms with Crippen molar-refractivity contribution in [3.63, 3.8) is 0 Å². The summed E-state index contributed by atoms with van der Waals surface area (Å²) < 4.78 is 5.50. The Morgan fingerprint density at radius 1 is 0.946 bits per heavy atom. The minimum atomic E-state index is -0.822. The topological polar surface area (TPSA) is 109 Å². The highest BCUT2D eigenvalue weighted by Gasteiger charge is 2.24. The van der Waals surface area contributed by atoms with E-state index in [2.05, 4.69) is 21.2 Å². The van der Waals surface area contributed by atoms with E-state index in [4.69, 9.17) is 27.9 Å². The number of hydrogen-bond donors (Lipinski definition) is 3. The summed E-state index contributed by atoms with van der Waals surface area (Å²) >= 11 is 11.9. The summed E-state index contributed by atoms with van der Waals surface area (Å²) in [5.74, 6) is -0.884. The first-order valence-corrected chi connectivity index (χ1v) is 12.1. The van der Waals surface area contributed by atoms with Crippen LogP contribution < -0.4 is 20.8 Å². The van der Waals surface area contributed by atoms with Gasteiger partial charge >= 0.3 is 0 Å². The van der Waals surface area contributed by atoms with Gasteiger partial charge in [0.05, 0.1) is 16.3 Å². The molecular formula is C27H26Cl2N4O4. The second-order valence-electron chi connectivity index (χ2n) is 8.33. The Labute approximate surface area is 225 Å². The van der Waals surface area contributed by atoms with Gasteiger partial charge in [-0.25, -0.2) is 5.43 Å². The average molecular weight is 541 g/mol. The molecule has 0 aliphatic heterocycles. The van der Waals surface area contributed by atoms with Crippen LogP contribution >= 0.6 is 23.2 Å². The van der Waals surface area contributed by atoms with Crippen molar-refractivity contribution in [2.75, 3.05) is 11.9 Å². The predicted octanol–water partition coefficient (Wildman–Crippen LogP) is 4.92. The van der Waals surface area contributed by atoms with E-state index < -0.39 is 17.9 Å². The molecule has 0 radical (unpaired) electrons. The predicted molar refractivity (Wildman–Crippen MR) is 145 cm³/mol. The molecule has 3 amide bonds. The molecular weight excluding hydrogens is 515 g/mol. The Kier molecular flexibility index (Phi) is 10.1. The zero-order valence-electron chi connectivity index (χ0n) is 20.2. The first-order chi connectivity index (χ1) is 17.7. The molecule has 0 spiro atoms. The van der Waals surface area contributed by atoms with Crippen LogP contribution in [0.15, 0.2) is 77.9 Å². The van der Waals surface area contributed by atoms with Crippen molar-refractivity contribution in [3.8, 4) is 5.75 Å². The Hall–Kier alpha value is -3.88. The number of nitrogens with one attached hydrogen (secondary N) is 3. The Morgan fingerprint density at radius 2 is 1.65 bits per heavy atom. The summed E-state index contributed by atoms with van der Waals surface area (Å²) in [5.41, 5.74) is 4.13. The molecule has 0 heterocycles. The smallest absolute Gasteiger partial charge is 0.262 e. The molecule has 0 saturated heterocycles. The third kappa shape index (κ3) is 8.63. The molecule has 3 aromatic rings. The number of hydrazone groups is 1. The molecule has 1 unspecified atom stereocenters. The number of halogens is 2. The summed E-state index contributed by atoms with van der Waals surface area (Å²) in [6.45, 7) is 3.48. The molecule has 0 fully saturated rings. The fourth-order valence-electron chi connectivity index (χ4n) is 3.15. The van der Waals surface area contributed by atoms with E-state index >= 15 is 0 Å². The molecule has 0 aromatic heterocycles. The lowest BCUT2D eigenvalue weighted by Gasteiger charge is -2.20. The minimum absolute atomic E-state index is 0.136. The van der Waals surface area contributed by atoms with Gasteiger partial charge in [0.1, 0.15) is 11.8 Å². The SMILES string of the molecule is CC(C)C(NC(=O)c1ccc(Cl)c(Cl)c1)C(=O)NN=Cc1ccc(OCC(=O)Nc2ccccc2)cc1. The van der Waals surface area contributed by atoms with E-state index in [0.717, 1.165) is 0 Å². The molecule has 3 aromatic carbocycles. The number of ether oxygens (including phenoxy) is 1. The molecule has 3 rings (SSSR count). The van der Waals surface area contributed by atoms with Crippen LogP contribution in [-0.4, -0.2) is 36.6 Å². The van der Waals surface area contributed by atoms with Gasteiger partial charge in [-0.15, -0.1) is 0 Å². The highest BCUT2D eigenvalue weighted by atomic mass is 35.5. The zero-order valence-corrected chi connectivity index (χ0v) is 21.7. The third-order valence-electron chi connectivity index (χ3n) is 5.11. The largest absolute Gasteiger partial charge is 0.484 e. The normalized spacial score (nSPS) is 11.7. The summed E-state index contributed by atoms with van der Waals surface area (Å²) in [4.78, 5) is 37.2. The highest BCUT2D eigenvalue weighted by molar-refractivity contribution is 6.42. The molecule has 1 atom stereocenters. The van der Waals surface area contributed by atoms with Crippen molar-refractivity contribution < 1.29 is 19.1 Å². The van der Waals surface area contributed by atoms with Crippen molar-refractivity contribution in [3.05, 3.63) is 94.0 Å². The number of carbonyl (C=O) groups excluding carboxylic acids is 3. The molecule has 37 heavy (non-hydrogen) atoms. The minimum Gasteiger partial charge on any atom is -0.484 e. The monoisotopic (exact) mass is 540 g/mol. The van der Waals surface area contributed by atoms with E-state index in [0.29, 0.717) is 22.0 Å². The van der Waals surface area contributed by atoms with Gasteiger partial charge in [0.2, 0.25) is 0 Å². The summed E-state index contributed by atoms with van der Waals surface area (Å²) in [6.07, 6.45) is 1.46. The second-order valence-corrected chi connectivity index (χ2v) is 9.14.